The van der Waals surface area contributed by atoms with E-state index in [1.54, 1.807) is 12.4 Å². The largest absolute Gasteiger partial charge is 0.369 e. The highest BCUT2D eigenvalue weighted by atomic mass is 35.5. The molecule has 3 rings (SSSR count). The van der Waals surface area contributed by atoms with Crippen molar-refractivity contribution in [3.8, 4) is 11.1 Å². The Balaban J connectivity index is 1.62. The third kappa shape index (κ3) is 5.69. The zero-order chi connectivity index (χ0) is 19.8. The van der Waals surface area contributed by atoms with E-state index in [0.29, 0.717) is 5.02 Å². The molecule has 0 aliphatic heterocycles. The van der Waals surface area contributed by atoms with E-state index < -0.39 is 0 Å². The van der Waals surface area contributed by atoms with E-state index in [1.165, 1.54) is 0 Å². The van der Waals surface area contributed by atoms with Gasteiger partial charge < -0.3 is 11.5 Å². The number of nitrogens with zero attached hydrogens (tertiary/aromatic N) is 3. The molecule has 28 heavy (non-hydrogen) atoms. The molecule has 0 saturated carbocycles. The zero-order valence-electron chi connectivity index (χ0n) is 15.0. The average molecular weight is 391 g/mol. The van der Waals surface area contributed by atoms with Gasteiger partial charge in [-0.3, -0.25) is 5.43 Å². The van der Waals surface area contributed by atoms with Crippen molar-refractivity contribution >= 4 is 35.7 Å². The van der Waals surface area contributed by atoms with Gasteiger partial charge in [-0.05, 0) is 46.5 Å². The molecule has 0 heterocycles. The van der Waals surface area contributed by atoms with Crippen molar-refractivity contribution in [2.24, 2.45) is 26.8 Å². The normalized spacial score (nSPS) is 11.0. The monoisotopic (exact) mass is 390 g/mol. The maximum Gasteiger partial charge on any atom is 0.211 e. The molecule has 0 bridgehead atoms. The van der Waals surface area contributed by atoms with Crippen LogP contribution < -0.4 is 16.9 Å². The Kier molecular flexibility index (Phi) is 6.38. The number of anilines is 1. The van der Waals surface area contributed by atoms with E-state index >= 15 is 0 Å². The van der Waals surface area contributed by atoms with Crippen LogP contribution in [0.15, 0.2) is 88.1 Å². The fraction of sp³-hybridized carbons (Fsp3) is 0. The van der Waals surface area contributed by atoms with Gasteiger partial charge in [0.1, 0.15) is 0 Å². The number of nitrogens with two attached hydrogens (primary N) is 2. The van der Waals surface area contributed by atoms with Crippen LogP contribution in [0.25, 0.3) is 11.1 Å². The molecular weight excluding hydrogens is 372 g/mol. The van der Waals surface area contributed by atoms with Gasteiger partial charge >= 0.3 is 0 Å². The summed E-state index contributed by atoms with van der Waals surface area (Å²) >= 11 is 5.86. The van der Waals surface area contributed by atoms with Crippen molar-refractivity contribution in [3.05, 3.63) is 88.9 Å². The quantitative estimate of drug-likeness (QED) is 0.336. The molecule has 0 atom stereocenters. The summed E-state index contributed by atoms with van der Waals surface area (Å²) in [5.41, 5.74) is 18.4. The smallest absolute Gasteiger partial charge is 0.211 e. The molecule has 7 heteroatoms. The van der Waals surface area contributed by atoms with Crippen molar-refractivity contribution in [1.29, 1.82) is 0 Å². The molecule has 0 aliphatic rings. The summed E-state index contributed by atoms with van der Waals surface area (Å²) in [5, 5.41) is 12.3. The molecule has 3 aromatic carbocycles. The van der Waals surface area contributed by atoms with Crippen LogP contribution in [0.2, 0.25) is 5.02 Å². The Hall–Kier alpha value is -3.64. The molecule has 0 fully saturated rings. The standard InChI is InChI=1S/C21H19ClN6/c22-19-9-11-20(12-10-19)27-25-13-15-1-5-17(6-2-15)18-7-3-16(4-8-18)14-26-28-21(23)24/h1-14,27H,(H4,23,24,28)/b25-13+,26-14?. The van der Waals surface area contributed by atoms with Crippen LogP contribution in [-0.4, -0.2) is 18.4 Å². The summed E-state index contributed by atoms with van der Waals surface area (Å²) in [6, 6.07) is 23.4. The Bertz CT molecular complexity index is 987. The van der Waals surface area contributed by atoms with Gasteiger partial charge in [-0.2, -0.15) is 10.2 Å². The number of halogens is 1. The van der Waals surface area contributed by atoms with E-state index in [4.69, 9.17) is 23.1 Å². The van der Waals surface area contributed by atoms with Gasteiger partial charge in [-0.15, -0.1) is 5.10 Å². The Morgan fingerprint density at radius 3 is 1.82 bits per heavy atom. The highest BCUT2D eigenvalue weighted by molar-refractivity contribution is 6.30. The lowest BCUT2D eigenvalue weighted by molar-refractivity contribution is 1.21. The summed E-state index contributed by atoms with van der Waals surface area (Å²) in [6.45, 7) is 0. The molecule has 0 unspecified atom stereocenters. The van der Waals surface area contributed by atoms with Crippen molar-refractivity contribution in [2.75, 3.05) is 5.43 Å². The second kappa shape index (κ2) is 9.34. The number of hydrogen-bond acceptors (Lipinski definition) is 4. The minimum Gasteiger partial charge on any atom is -0.369 e. The van der Waals surface area contributed by atoms with E-state index in [1.807, 2.05) is 72.8 Å². The fourth-order valence-electron chi connectivity index (χ4n) is 2.39. The van der Waals surface area contributed by atoms with Crippen LogP contribution in [-0.2, 0) is 0 Å². The van der Waals surface area contributed by atoms with Gasteiger partial charge in [-0.25, -0.2) is 0 Å². The fourth-order valence-corrected chi connectivity index (χ4v) is 2.52. The molecular formula is C21H19ClN6. The van der Waals surface area contributed by atoms with Crippen molar-refractivity contribution in [3.63, 3.8) is 0 Å². The molecule has 3 aromatic rings. The van der Waals surface area contributed by atoms with Crippen LogP contribution in [0.3, 0.4) is 0 Å². The molecule has 5 N–H and O–H groups in total. The summed E-state index contributed by atoms with van der Waals surface area (Å²) in [5.74, 6) is -0.0696. The topological polar surface area (TPSA) is 101 Å². The van der Waals surface area contributed by atoms with Crippen molar-refractivity contribution in [2.45, 2.75) is 0 Å². The first-order chi connectivity index (χ1) is 13.6. The SMILES string of the molecule is NC(N)=NN=Cc1ccc(-c2ccc(/C=N/Nc3ccc(Cl)cc3)cc2)cc1. The molecule has 0 radical (unpaired) electrons. The number of benzene rings is 3. The lowest BCUT2D eigenvalue weighted by atomic mass is 10.0. The summed E-state index contributed by atoms with van der Waals surface area (Å²) in [4.78, 5) is 0. The highest BCUT2D eigenvalue weighted by Crippen LogP contribution is 2.20. The predicted molar refractivity (Wildman–Crippen MR) is 118 cm³/mol. The number of rotatable bonds is 6. The maximum atomic E-state index is 5.86. The van der Waals surface area contributed by atoms with Crippen LogP contribution in [0.5, 0.6) is 0 Å². The number of guanidine groups is 1. The minimum atomic E-state index is -0.0696. The van der Waals surface area contributed by atoms with E-state index in [-0.39, 0.29) is 5.96 Å². The third-order valence-corrected chi connectivity index (χ3v) is 4.04. The van der Waals surface area contributed by atoms with Gasteiger partial charge in [0.05, 0.1) is 18.1 Å². The number of hydrogen-bond donors (Lipinski definition) is 3. The summed E-state index contributed by atoms with van der Waals surface area (Å²) < 4.78 is 0. The average Bonchev–Trinajstić information content (AvgIpc) is 2.70. The highest BCUT2D eigenvalue weighted by Gasteiger charge is 1.98. The van der Waals surface area contributed by atoms with Crippen LogP contribution >= 0.6 is 11.6 Å². The van der Waals surface area contributed by atoms with Gasteiger partial charge in [0, 0.05) is 5.02 Å². The van der Waals surface area contributed by atoms with E-state index in [2.05, 4.69) is 20.7 Å². The predicted octanol–water partition coefficient (Wildman–Crippen LogP) is 4.06. The van der Waals surface area contributed by atoms with Gasteiger partial charge in [0.2, 0.25) is 5.96 Å². The second-order valence-corrected chi connectivity index (χ2v) is 6.33. The molecule has 0 spiro atoms. The molecule has 0 amide bonds. The molecule has 0 saturated heterocycles. The van der Waals surface area contributed by atoms with Crippen molar-refractivity contribution in [1.82, 2.24) is 0 Å². The first-order valence-electron chi connectivity index (χ1n) is 8.47. The summed E-state index contributed by atoms with van der Waals surface area (Å²) in [6.07, 6.45) is 3.36. The molecule has 140 valence electrons. The van der Waals surface area contributed by atoms with Crippen LogP contribution in [0.4, 0.5) is 5.69 Å². The zero-order valence-corrected chi connectivity index (χ0v) is 15.7. The van der Waals surface area contributed by atoms with Gasteiger partial charge in [0.25, 0.3) is 0 Å². The molecule has 6 nitrogen and oxygen atoms in total. The molecule has 0 aliphatic carbocycles. The maximum absolute atomic E-state index is 5.86. The Labute approximate surface area is 168 Å². The van der Waals surface area contributed by atoms with Gasteiger partial charge in [0.15, 0.2) is 0 Å². The molecule has 0 aromatic heterocycles. The lowest BCUT2D eigenvalue weighted by Crippen LogP contribution is -2.21. The van der Waals surface area contributed by atoms with Crippen LogP contribution in [0, 0.1) is 0 Å². The summed E-state index contributed by atoms with van der Waals surface area (Å²) in [7, 11) is 0. The van der Waals surface area contributed by atoms with E-state index in [0.717, 1.165) is 27.9 Å². The van der Waals surface area contributed by atoms with Gasteiger partial charge in [-0.1, -0.05) is 60.1 Å². The third-order valence-electron chi connectivity index (χ3n) is 3.79. The number of hydrazone groups is 1. The lowest BCUT2D eigenvalue weighted by Gasteiger charge is -2.03. The first-order valence-corrected chi connectivity index (χ1v) is 8.85. The number of nitrogens with one attached hydrogen (secondary N) is 1. The Morgan fingerprint density at radius 1 is 0.750 bits per heavy atom. The second-order valence-electron chi connectivity index (χ2n) is 5.89. The van der Waals surface area contributed by atoms with Crippen LogP contribution in [0.1, 0.15) is 11.1 Å². The minimum absolute atomic E-state index is 0.0696. The first kappa shape index (κ1) is 19.1. The van der Waals surface area contributed by atoms with E-state index in [9.17, 15) is 0 Å². The Morgan fingerprint density at radius 2 is 1.29 bits per heavy atom. The van der Waals surface area contributed by atoms with Crippen molar-refractivity contribution < 1.29 is 0 Å².